The van der Waals surface area contributed by atoms with Crippen LogP contribution in [-0.4, -0.2) is 43.0 Å². The highest BCUT2D eigenvalue weighted by molar-refractivity contribution is 6.31. The maximum absolute atomic E-state index is 13.9. The molecule has 0 saturated heterocycles. The second kappa shape index (κ2) is 11.8. The second-order valence-electron chi connectivity index (χ2n) is 9.61. The second-order valence-corrected chi connectivity index (χ2v) is 10.0. The van der Waals surface area contributed by atoms with Crippen molar-refractivity contribution in [2.24, 2.45) is 0 Å². The third-order valence-corrected chi connectivity index (χ3v) is 7.13. The van der Waals surface area contributed by atoms with Crippen LogP contribution in [0.15, 0.2) is 65.1 Å². The molecule has 0 radical (unpaired) electrons. The first-order valence-electron chi connectivity index (χ1n) is 12.8. The highest BCUT2D eigenvalue weighted by atomic mass is 35.5. The van der Waals surface area contributed by atoms with Gasteiger partial charge in [0, 0.05) is 17.6 Å². The average Bonchev–Trinajstić information content (AvgIpc) is 3.69. The first-order valence-corrected chi connectivity index (χ1v) is 13.2. The third-order valence-electron chi connectivity index (χ3n) is 6.76. The molecule has 11 heteroatoms. The van der Waals surface area contributed by atoms with Crippen LogP contribution >= 0.6 is 11.6 Å². The normalized spacial score (nSPS) is 14.3. The maximum atomic E-state index is 13.9. The maximum Gasteiger partial charge on any atom is 0.247 e. The van der Waals surface area contributed by atoms with Gasteiger partial charge in [0.2, 0.25) is 17.6 Å². The van der Waals surface area contributed by atoms with Gasteiger partial charge in [-0.2, -0.15) is 4.80 Å². The van der Waals surface area contributed by atoms with Crippen molar-refractivity contribution in [3.63, 3.8) is 0 Å². The Hall–Kier alpha value is -4.05. The Morgan fingerprint density at radius 2 is 1.87 bits per heavy atom. The van der Waals surface area contributed by atoms with Gasteiger partial charge < -0.3 is 14.6 Å². The van der Waals surface area contributed by atoms with Crippen LogP contribution in [0, 0.1) is 12.7 Å². The molecular weight excluding hydrogens is 523 g/mol. The number of aryl methyl sites for hydroxylation is 1. The van der Waals surface area contributed by atoms with Crippen molar-refractivity contribution in [3.8, 4) is 11.6 Å². The van der Waals surface area contributed by atoms with Crippen molar-refractivity contribution in [2.75, 3.05) is 0 Å². The number of nitrogens with zero attached hydrogens (tertiary/aromatic N) is 5. The number of tetrazole rings is 1. The zero-order chi connectivity index (χ0) is 27.4. The summed E-state index contributed by atoms with van der Waals surface area (Å²) in [5.41, 5.74) is 1.14. The van der Waals surface area contributed by atoms with E-state index in [1.165, 1.54) is 29.2 Å². The van der Waals surface area contributed by atoms with Gasteiger partial charge in [-0.15, -0.1) is 10.2 Å². The van der Waals surface area contributed by atoms with Crippen LogP contribution in [0.1, 0.15) is 48.6 Å². The fraction of sp³-hybridized carbons (Fsp3) is 0.321. The van der Waals surface area contributed by atoms with Crippen molar-refractivity contribution in [1.82, 2.24) is 30.4 Å². The molecule has 5 rings (SSSR count). The molecule has 9 nitrogen and oxygen atoms in total. The molecule has 0 unspecified atom stereocenters. The molecule has 39 heavy (non-hydrogen) atoms. The Morgan fingerprint density at radius 1 is 1.13 bits per heavy atom. The fourth-order valence-electron chi connectivity index (χ4n) is 4.78. The van der Waals surface area contributed by atoms with Gasteiger partial charge in [-0.3, -0.25) is 9.59 Å². The molecule has 1 fully saturated rings. The summed E-state index contributed by atoms with van der Waals surface area (Å²) in [6.07, 6.45) is 3.81. The van der Waals surface area contributed by atoms with Gasteiger partial charge >= 0.3 is 0 Å². The number of halogens is 2. The molecule has 1 aliphatic carbocycles. The summed E-state index contributed by atoms with van der Waals surface area (Å²) in [5, 5.41) is 15.9. The number of benzene rings is 2. The summed E-state index contributed by atoms with van der Waals surface area (Å²) in [7, 11) is 0. The predicted octanol–water partition coefficient (Wildman–Crippen LogP) is 4.86. The molecule has 0 bridgehead atoms. The number of rotatable bonds is 9. The molecule has 0 aliphatic heterocycles. The number of carbonyl (C=O) groups excluding carboxylic acids is 2. The minimum absolute atomic E-state index is 0.0222. The highest BCUT2D eigenvalue weighted by Gasteiger charge is 2.34. The van der Waals surface area contributed by atoms with Gasteiger partial charge in [-0.25, -0.2) is 4.39 Å². The molecule has 2 amide bonds. The quantitative estimate of drug-likeness (QED) is 0.319. The Bertz CT molecular complexity index is 1450. The van der Waals surface area contributed by atoms with Crippen molar-refractivity contribution in [3.05, 3.63) is 88.4 Å². The monoisotopic (exact) mass is 550 g/mol. The Labute approximate surface area is 229 Å². The van der Waals surface area contributed by atoms with Crippen LogP contribution in [0.25, 0.3) is 11.6 Å². The summed E-state index contributed by atoms with van der Waals surface area (Å²) in [6, 6.07) is 15.2. The van der Waals surface area contributed by atoms with Gasteiger partial charge in [-0.1, -0.05) is 54.8 Å². The number of nitrogens with one attached hydrogen (secondary N) is 1. The van der Waals surface area contributed by atoms with E-state index >= 15 is 0 Å². The zero-order valence-electron chi connectivity index (χ0n) is 21.4. The number of carbonyl (C=O) groups is 2. The zero-order valence-corrected chi connectivity index (χ0v) is 22.1. The van der Waals surface area contributed by atoms with Gasteiger partial charge in [0.1, 0.15) is 24.2 Å². The Kier molecular flexibility index (Phi) is 8.02. The Morgan fingerprint density at radius 3 is 2.56 bits per heavy atom. The summed E-state index contributed by atoms with van der Waals surface area (Å²) in [6.45, 7) is 1.55. The molecule has 202 valence electrons. The Balaban J connectivity index is 1.48. The van der Waals surface area contributed by atoms with Gasteiger partial charge in [0.05, 0.1) is 0 Å². The average molecular weight is 551 g/mol. The predicted molar refractivity (Wildman–Crippen MR) is 142 cm³/mol. The first kappa shape index (κ1) is 26.6. The summed E-state index contributed by atoms with van der Waals surface area (Å²) < 4.78 is 19.4. The van der Waals surface area contributed by atoms with E-state index in [4.69, 9.17) is 16.0 Å². The van der Waals surface area contributed by atoms with E-state index in [1.807, 2.05) is 6.07 Å². The van der Waals surface area contributed by atoms with E-state index < -0.39 is 17.8 Å². The van der Waals surface area contributed by atoms with E-state index in [9.17, 15) is 14.0 Å². The van der Waals surface area contributed by atoms with Gasteiger partial charge in [0.15, 0.2) is 5.76 Å². The van der Waals surface area contributed by atoms with Crippen molar-refractivity contribution < 1.29 is 18.4 Å². The molecule has 2 aromatic carbocycles. The van der Waals surface area contributed by atoms with E-state index in [1.54, 1.807) is 37.3 Å². The molecule has 1 aliphatic rings. The molecule has 2 aromatic heterocycles. The van der Waals surface area contributed by atoms with Crippen LogP contribution < -0.4 is 5.32 Å². The molecule has 1 atom stereocenters. The standard InChI is InChI=1S/C28H28ClFN6O3/c1-18-10-15-24(39-18)27-32-34-36(33-27)17-25(37)35(16-20-6-2-5-9-23(20)29)26(19-11-13-21(30)14-12-19)28(38)31-22-7-3-4-8-22/h2,5-6,9-15,22,26H,3-4,7-8,16-17H2,1H3,(H,31,38)/t26-/m1/s1. The van der Waals surface area contributed by atoms with Crippen LogP contribution in [0.4, 0.5) is 4.39 Å². The SMILES string of the molecule is Cc1ccc(-c2nnn(CC(=O)N(Cc3ccccc3Cl)[C@@H](C(=O)NC3CCCC3)c3ccc(F)cc3)n2)o1. The molecule has 1 saturated carbocycles. The lowest BCUT2D eigenvalue weighted by molar-refractivity contribution is -0.142. The summed E-state index contributed by atoms with van der Waals surface area (Å²) in [4.78, 5) is 30.2. The van der Waals surface area contributed by atoms with Crippen LogP contribution in [0.3, 0.4) is 0 Å². The van der Waals surface area contributed by atoms with Crippen LogP contribution in [-0.2, 0) is 22.7 Å². The molecule has 1 N–H and O–H groups in total. The number of furan rings is 1. The van der Waals surface area contributed by atoms with Crippen LogP contribution in [0.2, 0.25) is 5.02 Å². The molecule has 2 heterocycles. The summed E-state index contributed by atoms with van der Waals surface area (Å²) in [5.74, 6) is 0.142. The summed E-state index contributed by atoms with van der Waals surface area (Å²) >= 11 is 6.46. The minimum atomic E-state index is -1.04. The van der Waals surface area contributed by atoms with Crippen molar-refractivity contribution in [2.45, 2.75) is 57.8 Å². The number of amides is 2. The number of hydrogen-bond acceptors (Lipinski definition) is 6. The molecular formula is C28H28ClFN6O3. The van der Waals surface area contributed by atoms with Crippen LogP contribution in [0.5, 0.6) is 0 Å². The van der Waals surface area contributed by atoms with E-state index in [-0.39, 0.29) is 30.9 Å². The third kappa shape index (κ3) is 6.34. The number of hydrogen-bond donors (Lipinski definition) is 1. The lowest BCUT2D eigenvalue weighted by Crippen LogP contribution is -2.46. The first-order chi connectivity index (χ1) is 18.9. The number of aromatic nitrogens is 4. The molecule has 4 aromatic rings. The van der Waals surface area contributed by atoms with E-state index in [0.29, 0.717) is 27.7 Å². The van der Waals surface area contributed by atoms with Gasteiger partial charge in [-0.05, 0) is 66.4 Å². The lowest BCUT2D eigenvalue weighted by atomic mass is 10.0. The van der Waals surface area contributed by atoms with E-state index in [0.717, 1.165) is 30.5 Å². The van der Waals surface area contributed by atoms with Crippen molar-refractivity contribution in [1.29, 1.82) is 0 Å². The molecule has 0 spiro atoms. The largest absolute Gasteiger partial charge is 0.458 e. The smallest absolute Gasteiger partial charge is 0.247 e. The highest BCUT2D eigenvalue weighted by Crippen LogP contribution is 2.28. The van der Waals surface area contributed by atoms with Crippen molar-refractivity contribution >= 4 is 23.4 Å². The lowest BCUT2D eigenvalue weighted by Gasteiger charge is -2.32. The van der Waals surface area contributed by atoms with Gasteiger partial charge in [0.25, 0.3) is 0 Å². The fourth-order valence-corrected chi connectivity index (χ4v) is 4.97. The minimum Gasteiger partial charge on any atom is -0.458 e. The topological polar surface area (TPSA) is 106 Å². The van der Waals surface area contributed by atoms with E-state index in [2.05, 4.69) is 20.7 Å².